The Morgan fingerprint density at radius 2 is 2.31 bits per heavy atom. The molecule has 3 nitrogen and oxygen atoms in total. The maximum Gasteiger partial charge on any atom is 0.313 e. The van der Waals surface area contributed by atoms with Crippen molar-refractivity contribution in [2.45, 2.75) is 5.92 Å². The van der Waals surface area contributed by atoms with Gasteiger partial charge in [0.1, 0.15) is 0 Å². The van der Waals surface area contributed by atoms with Crippen LogP contribution in [0.4, 0.5) is 0 Å². The molecule has 1 atom stereocenters. The summed E-state index contributed by atoms with van der Waals surface area (Å²) < 4.78 is 4.85. The zero-order chi connectivity index (χ0) is 11.5. The standard InChI is InChI=1S/C12H14ClNO2/c1-16-12(15)11(9-6-14-7-9)8-3-2-4-10(13)5-8/h2-5,9,11,14H,6-7H2,1H3. The van der Waals surface area contributed by atoms with E-state index in [2.05, 4.69) is 5.32 Å². The van der Waals surface area contributed by atoms with Gasteiger partial charge in [0, 0.05) is 24.0 Å². The van der Waals surface area contributed by atoms with Crippen molar-refractivity contribution in [2.75, 3.05) is 20.2 Å². The van der Waals surface area contributed by atoms with E-state index in [0.29, 0.717) is 10.9 Å². The lowest BCUT2D eigenvalue weighted by Crippen LogP contribution is -2.47. The fraction of sp³-hybridized carbons (Fsp3) is 0.417. The van der Waals surface area contributed by atoms with E-state index >= 15 is 0 Å². The van der Waals surface area contributed by atoms with E-state index in [1.54, 1.807) is 6.07 Å². The Bertz CT molecular complexity index is 390. The van der Waals surface area contributed by atoms with Gasteiger partial charge in [-0.2, -0.15) is 0 Å². The van der Waals surface area contributed by atoms with Gasteiger partial charge in [0.2, 0.25) is 0 Å². The molecule has 1 aliphatic heterocycles. The lowest BCUT2D eigenvalue weighted by atomic mass is 9.82. The quantitative estimate of drug-likeness (QED) is 0.818. The summed E-state index contributed by atoms with van der Waals surface area (Å²) in [6.45, 7) is 1.71. The number of rotatable bonds is 3. The van der Waals surface area contributed by atoms with Gasteiger partial charge < -0.3 is 10.1 Å². The lowest BCUT2D eigenvalue weighted by Gasteiger charge is -2.33. The van der Waals surface area contributed by atoms with Crippen molar-refractivity contribution in [3.05, 3.63) is 34.9 Å². The first kappa shape index (κ1) is 11.4. The molecule has 0 amide bonds. The van der Waals surface area contributed by atoms with Gasteiger partial charge in [0.05, 0.1) is 13.0 Å². The van der Waals surface area contributed by atoms with Crippen LogP contribution in [0.5, 0.6) is 0 Å². The van der Waals surface area contributed by atoms with Crippen LogP contribution >= 0.6 is 11.6 Å². The number of hydrogen-bond donors (Lipinski definition) is 1. The Balaban J connectivity index is 2.27. The minimum Gasteiger partial charge on any atom is -0.469 e. The van der Waals surface area contributed by atoms with Gasteiger partial charge in [-0.3, -0.25) is 4.79 Å². The number of methoxy groups -OCH3 is 1. The zero-order valence-corrected chi connectivity index (χ0v) is 9.83. The normalized spacial score (nSPS) is 17.6. The van der Waals surface area contributed by atoms with Gasteiger partial charge in [-0.05, 0) is 17.7 Å². The lowest BCUT2D eigenvalue weighted by molar-refractivity contribution is -0.144. The van der Waals surface area contributed by atoms with Crippen molar-refractivity contribution in [1.82, 2.24) is 5.32 Å². The molecule has 2 rings (SSSR count). The Morgan fingerprint density at radius 1 is 1.56 bits per heavy atom. The molecule has 1 N–H and O–H groups in total. The first-order valence-corrected chi connectivity index (χ1v) is 5.64. The van der Waals surface area contributed by atoms with Crippen molar-refractivity contribution >= 4 is 17.6 Å². The van der Waals surface area contributed by atoms with Crippen LogP contribution in [-0.4, -0.2) is 26.2 Å². The average Bonchev–Trinajstić information content (AvgIpc) is 2.22. The SMILES string of the molecule is COC(=O)C(c1cccc(Cl)c1)C1CNC1. The molecular weight excluding hydrogens is 226 g/mol. The topological polar surface area (TPSA) is 38.3 Å². The van der Waals surface area contributed by atoms with Crippen LogP contribution in [0, 0.1) is 5.92 Å². The minimum absolute atomic E-state index is 0.186. The Hall–Kier alpha value is -1.06. The van der Waals surface area contributed by atoms with E-state index in [1.807, 2.05) is 18.2 Å². The summed E-state index contributed by atoms with van der Waals surface area (Å²) in [7, 11) is 1.42. The highest BCUT2D eigenvalue weighted by Gasteiger charge is 2.34. The molecular formula is C12H14ClNO2. The van der Waals surface area contributed by atoms with Gasteiger partial charge in [-0.15, -0.1) is 0 Å². The third kappa shape index (κ3) is 2.20. The number of benzene rings is 1. The number of carbonyl (C=O) groups excluding carboxylic acids is 1. The summed E-state index contributed by atoms with van der Waals surface area (Å²) in [5.74, 6) is -0.0790. The van der Waals surface area contributed by atoms with Crippen molar-refractivity contribution in [3.8, 4) is 0 Å². The maximum atomic E-state index is 11.8. The Labute approximate surface area is 99.7 Å². The molecule has 1 fully saturated rings. The largest absolute Gasteiger partial charge is 0.469 e. The van der Waals surface area contributed by atoms with Crippen molar-refractivity contribution in [2.24, 2.45) is 5.92 Å². The molecule has 0 spiro atoms. The van der Waals surface area contributed by atoms with Crippen LogP contribution < -0.4 is 5.32 Å². The second-order valence-electron chi connectivity index (χ2n) is 3.97. The first-order valence-electron chi connectivity index (χ1n) is 5.26. The highest BCUT2D eigenvalue weighted by atomic mass is 35.5. The van der Waals surface area contributed by atoms with Crippen LogP contribution in [0.1, 0.15) is 11.5 Å². The first-order chi connectivity index (χ1) is 7.72. The summed E-state index contributed by atoms with van der Waals surface area (Å²) in [5, 5.41) is 3.82. The number of ether oxygens (including phenoxy) is 1. The predicted octanol–water partition coefficient (Wildman–Crippen LogP) is 1.82. The van der Waals surface area contributed by atoms with Gasteiger partial charge in [0.15, 0.2) is 0 Å². The van der Waals surface area contributed by atoms with Crippen LogP contribution in [0.2, 0.25) is 5.02 Å². The molecule has 0 radical (unpaired) electrons. The van der Waals surface area contributed by atoms with Gasteiger partial charge in [0.25, 0.3) is 0 Å². The summed E-state index contributed by atoms with van der Waals surface area (Å²) >= 11 is 5.93. The molecule has 0 aliphatic carbocycles. The van der Waals surface area contributed by atoms with E-state index in [0.717, 1.165) is 18.7 Å². The third-order valence-electron chi connectivity index (χ3n) is 2.95. The highest BCUT2D eigenvalue weighted by molar-refractivity contribution is 6.30. The third-order valence-corrected chi connectivity index (χ3v) is 3.18. The number of halogens is 1. The number of hydrogen-bond acceptors (Lipinski definition) is 3. The van der Waals surface area contributed by atoms with Crippen molar-refractivity contribution in [1.29, 1.82) is 0 Å². The fourth-order valence-corrected chi connectivity index (χ4v) is 2.17. The monoisotopic (exact) mass is 239 g/mol. The van der Waals surface area contributed by atoms with E-state index in [4.69, 9.17) is 16.3 Å². The average molecular weight is 240 g/mol. The molecule has 4 heteroatoms. The number of nitrogens with one attached hydrogen (secondary N) is 1. The molecule has 0 aromatic heterocycles. The molecule has 16 heavy (non-hydrogen) atoms. The number of esters is 1. The molecule has 1 unspecified atom stereocenters. The maximum absolute atomic E-state index is 11.8. The van der Waals surface area contributed by atoms with Crippen LogP contribution in [0.3, 0.4) is 0 Å². The smallest absolute Gasteiger partial charge is 0.313 e. The molecule has 1 heterocycles. The van der Waals surface area contributed by atoms with Crippen LogP contribution in [-0.2, 0) is 9.53 Å². The van der Waals surface area contributed by atoms with Crippen LogP contribution in [0.15, 0.2) is 24.3 Å². The Kier molecular flexibility index (Phi) is 3.46. The highest BCUT2D eigenvalue weighted by Crippen LogP contribution is 2.30. The molecule has 1 saturated heterocycles. The molecule has 1 aliphatic rings. The number of carbonyl (C=O) groups is 1. The van der Waals surface area contributed by atoms with Crippen molar-refractivity contribution < 1.29 is 9.53 Å². The minimum atomic E-state index is -0.204. The summed E-state index contributed by atoms with van der Waals surface area (Å²) in [5.41, 5.74) is 0.936. The Morgan fingerprint density at radius 3 is 2.81 bits per heavy atom. The van der Waals surface area contributed by atoms with E-state index in [1.165, 1.54) is 7.11 Å². The molecule has 1 aromatic rings. The van der Waals surface area contributed by atoms with Gasteiger partial charge in [-0.1, -0.05) is 23.7 Å². The van der Waals surface area contributed by atoms with Crippen molar-refractivity contribution in [3.63, 3.8) is 0 Å². The second kappa shape index (κ2) is 4.85. The van der Waals surface area contributed by atoms with Crippen LogP contribution in [0.25, 0.3) is 0 Å². The molecule has 86 valence electrons. The summed E-state index contributed by atoms with van der Waals surface area (Å²) in [4.78, 5) is 11.8. The second-order valence-corrected chi connectivity index (χ2v) is 4.41. The summed E-state index contributed by atoms with van der Waals surface area (Å²) in [6.07, 6.45) is 0. The van der Waals surface area contributed by atoms with E-state index in [9.17, 15) is 4.79 Å². The zero-order valence-electron chi connectivity index (χ0n) is 9.07. The van der Waals surface area contributed by atoms with E-state index in [-0.39, 0.29) is 11.9 Å². The molecule has 0 bridgehead atoms. The fourth-order valence-electron chi connectivity index (χ4n) is 1.97. The van der Waals surface area contributed by atoms with Gasteiger partial charge >= 0.3 is 5.97 Å². The van der Waals surface area contributed by atoms with Gasteiger partial charge in [-0.25, -0.2) is 0 Å². The predicted molar refractivity (Wildman–Crippen MR) is 62.6 cm³/mol. The molecule has 0 saturated carbocycles. The summed E-state index contributed by atoms with van der Waals surface area (Å²) in [6, 6.07) is 7.42. The molecule has 1 aromatic carbocycles. The van der Waals surface area contributed by atoms with E-state index < -0.39 is 0 Å².